The zero-order valence-corrected chi connectivity index (χ0v) is 12.2. The molecule has 0 atom stereocenters. The summed E-state index contributed by atoms with van der Waals surface area (Å²) in [5.74, 6) is 0.780. The maximum Gasteiger partial charge on any atom is 0.268 e. The van der Waals surface area contributed by atoms with Gasteiger partial charge < -0.3 is 19.4 Å². The molecule has 0 fully saturated rings. The lowest BCUT2D eigenvalue weighted by Crippen LogP contribution is -2.37. The van der Waals surface area contributed by atoms with Crippen LogP contribution in [0.25, 0.3) is 0 Å². The molecule has 1 aromatic heterocycles. The molecule has 0 unspecified atom stereocenters. The third-order valence-electron chi connectivity index (χ3n) is 3.52. The highest BCUT2D eigenvalue weighted by molar-refractivity contribution is 5.93. The van der Waals surface area contributed by atoms with Crippen molar-refractivity contribution in [1.29, 1.82) is 0 Å². The van der Waals surface area contributed by atoms with Gasteiger partial charge in [-0.25, -0.2) is 0 Å². The highest BCUT2D eigenvalue weighted by Gasteiger charge is 2.17. The summed E-state index contributed by atoms with van der Waals surface area (Å²) in [6, 6.07) is 8.74. The van der Waals surface area contributed by atoms with Gasteiger partial charge in [0.05, 0.1) is 13.3 Å². The minimum absolute atomic E-state index is 0.231. The van der Waals surface area contributed by atoms with Crippen molar-refractivity contribution < 1.29 is 14.3 Å². The Hall–Kier alpha value is -2.76. The van der Waals surface area contributed by atoms with E-state index < -0.39 is 0 Å². The Labute approximate surface area is 127 Å². The largest absolute Gasteiger partial charge is 0.497 e. The van der Waals surface area contributed by atoms with Gasteiger partial charge in [-0.15, -0.1) is 0 Å². The van der Waals surface area contributed by atoms with E-state index in [9.17, 15) is 9.59 Å². The van der Waals surface area contributed by atoms with Crippen LogP contribution in [0.4, 0.5) is 0 Å². The molecule has 1 amide bonds. The molecule has 0 aliphatic carbocycles. The molecule has 114 valence electrons. The quantitative estimate of drug-likeness (QED) is 0.920. The van der Waals surface area contributed by atoms with Crippen LogP contribution in [0.5, 0.6) is 11.5 Å². The SMILES string of the molecule is COc1ccc(COc2cn3c(cc2=O)C(=O)NCC3)cc1. The Bertz CT molecular complexity index is 750. The number of amides is 1. The van der Waals surface area contributed by atoms with Gasteiger partial charge >= 0.3 is 0 Å². The average molecular weight is 300 g/mol. The second-order valence-corrected chi connectivity index (χ2v) is 4.97. The highest BCUT2D eigenvalue weighted by atomic mass is 16.5. The van der Waals surface area contributed by atoms with Crippen LogP contribution >= 0.6 is 0 Å². The third-order valence-corrected chi connectivity index (χ3v) is 3.52. The summed E-state index contributed by atoms with van der Waals surface area (Å²) in [5, 5.41) is 2.70. The van der Waals surface area contributed by atoms with Crippen LogP contribution in [0, 0.1) is 0 Å². The lowest BCUT2D eigenvalue weighted by atomic mass is 10.2. The van der Waals surface area contributed by atoms with Gasteiger partial charge in [-0.05, 0) is 17.7 Å². The first kappa shape index (κ1) is 14.2. The molecule has 1 aliphatic rings. The van der Waals surface area contributed by atoms with Crippen LogP contribution < -0.4 is 20.2 Å². The number of fused-ring (bicyclic) bond motifs is 1. The Balaban J connectivity index is 1.77. The molecular formula is C16H16N2O4. The first-order chi connectivity index (χ1) is 10.7. The monoisotopic (exact) mass is 300 g/mol. The number of nitrogens with zero attached hydrogens (tertiary/aromatic N) is 1. The van der Waals surface area contributed by atoms with E-state index in [2.05, 4.69) is 5.32 Å². The summed E-state index contributed by atoms with van der Waals surface area (Å²) in [6.07, 6.45) is 1.60. The Kier molecular flexibility index (Phi) is 3.82. The number of ether oxygens (including phenoxy) is 2. The molecule has 1 N–H and O–H groups in total. The number of aromatic nitrogens is 1. The number of hydrogen-bond acceptors (Lipinski definition) is 4. The van der Waals surface area contributed by atoms with Gasteiger partial charge in [-0.2, -0.15) is 0 Å². The molecule has 2 heterocycles. The smallest absolute Gasteiger partial charge is 0.268 e. The number of carbonyl (C=O) groups is 1. The summed E-state index contributed by atoms with van der Waals surface area (Å²) in [7, 11) is 1.61. The summed E-state index contributed by atoms with van der Waals surface area (Å²) in [5.41, 5.74) is 1.01. The fourth-order valence-electron chi connectivity index (χ4n) is 2.31. The Morgan fingerprint density at radius 2 is 2.00 bits per heavy atom. The molecule has 2 aromatic rings. The number of benzene rings is 1. The van der Waals surface area contributed by atoms with Crippen LogP contribution in [0.3, 0.4) is 0 Å². The molecule has 0 bridgehead atoms. The van der Waals surface area contributed by atoms with E-state index >= 15 is 0 Å². The molecule has 0 saturated heterocycles. The summed E-state index contributed by atoms with van der Waals surface area (Å²) >= 11 is 0. The number of hydrogen-bond donors (Lipinski definition) is 1. The van der Waals surface area contributed by atoms with Crippen molar-refractivity contribution in [1.82, 2.24) is 9.88 Å². The first-order valence-electron chi connectivity index (χ1n) is 6.96. The zero-order valence-electron chi connectivity index (χ0n) is 12.2. The molecule has 3 rings (SSSR count). The van der Waals surface area contributed by atoms with Crippen LogP contribution in [0.2, 0.25) is 0 Å². The van der Waals surface area contributed by atoms with Crippen molar-refractivity contribution >= 4 is 5.91 Å². The van der Waals surface area contributed by atoms with Gasteiger partial charge in [-0.1, -0.05) is 12.1 Å². The predicted molar refractivity (Wildman–Crippen MR) is 80.4 cm³/mol. The predicted octanol–water partition coefficient (Wildman–Crippen LogP) is 1.18. The van der Waals surface area contributed by atoms with Crippen molar-refractivity contribution in [3.05, 3.63) is 58.0 Å². The number of rotatable bonds is 4. The minimum Gasteiger partial charge on any atom is -0.497 e. The van der Waals surface area contributed by atoms with E-state index in [-0.39, 0.29) is 23.7 Å². The highest BCUT2D eigenvalue weighted by Crippen LogP contribution is 2.14. The lowest BCUT2D eigenvalue weighted by molar-refractivity contribution is 0.0926. The fraction of sp³-hybridized carbons (Fsp3) is 0.250. The van der Waals surface area contributed by atoms with E-state index in [1.165, 1.54) is 6.07 Å². The number of methoxy groups -OCH3 is 1. The molecule has 1 aromatic carbocycles. The Morgan fingerprint density at radius 1 is 1.23 bits per heavy atom. The van der Waals surface area contributed by atoms with E-state index in [1.807, 2.05) is 24.3 Å². The van der Waals surface area contributed by atoms with Gasteiger partial charge in [-0.3, -0.25) is 9.59 Å². The summed E-state index contributed by atoms with van der Waals surface area (Å²) in [4.78, 5) is 23.7. The van der Waals surface area contributed by atoms with Gasteiger partial charge in [0.25, 0.3) is 5.91 Å². The number of carbonyl (C=O) groups excluding carboxylic acids is 1. The fourth-order valence-corrected chi connectivity index (χ4v) is 2.31. The van der Waals surface area contributed by atoms with Gasteiger partial charge in [0.1, 0.15) is 18.1 Å². The maximum atomic E-state index is 12.0. The zero-order chi connectivity index (χ0) is 15.5. The van der Waals surface area contributed by atoms with E-state index in [1.54, 1.807) is 17.9 Å². The molecule has 6 nitrogen and oxygen atoms in total. The van der Waals surface area contributed by atoms with Gasteiger partial charge in [0.15, 0.2) is 5.75 Å². The van der Waals surface area contributed by atoms with Gasteiger partial charge in [0.2, 0.25) is 5.43 Å². The standard InChI is InChI=1S/C16H16N2O4/c1-21-12-4-2-11(3-5-12)10-22-15-9-18-7-6-17-16(20)13(18)8-14(15)19/h2-5,8-9H,6-7,10H2,1H3,(H,17,20). The van der Waals surface area contributed by atoms with E-state index in [0.717, 1.165) is 11.3 Å². The second kappa shape index (κ2) is 5.93. The summed E-state index contributed by atoms with van der Waals surface area (Å²) < 4.78 is 12.4. The molecule has 0 spiro atoms. The van der Waals surface area contributed by atoms with Crippen molar-refractivity contribution in [3.63, 3.8) is 0 Å². The summed E-state index contributed by atoms with van der Waals surface area (Å²) in [6.45, 7) is 1.46. The maximum absolute atomic E-state index is 12.0. The molecule has 6 heteroatoms. The van der Waals surface area contributed by atoms with Crippen LogP contribution in [-0.4, -0.2) is 24.1 Å². The molecular weight excluding hydrogens is 284 g/mol. The van der Waals surface area contributed by atoms with E-state index in [0.29, 0.717) is 18.8 Å². The average Bonchev–Trinajstić information content (AvgIpc) is 2.54. The van der Waals surface area contributed by atoms with Crippen molar-refractivity contribution in [3.8, 4) is 11.5 Å². The number of pyridine rings is 1. The van der Waals surface area contributed by atoms with Crippen LogP contribution in [0.15, 0.2) is 41.3 Å². The topological polar surface area (TPSA) is 69.6 Å². The minimum atomic E-state index is -0.295. The second-order valence-electron chi connectivity index (χ2n) is 4.97. The van der Waals surface area contributed by atoms with Crippen molar-refractivity contribution in [2.75, 3.05) is 13.7 Å². The van der Waals surface area contributed by atoms with E-state index in [4.69, 9.17) is 9.47 Å². The normalized spacial score (nSPS) is 13.2. The Morgan fingerprint density at radius 3 is 2.73 bits per heavy atom. The third kappa shape index (κ3) is 2.81. The number of nitrogens with one attached hydrogen (secondary N) is 1. The van der Waals surface area contributed by atoms with Crippen molar-refractivity contribution in [2.45, 2.75) is 13.2 Å². The van der Waals surface area contributed by atoms with Crippen LogP contribution in [0.1, 0.15) is 16.1 Å². The molecule has 22 heavy (non-hydrogen) atoms. The lowest BCUT2D eigenvalue weighted by Gasteiger charge is -2.19. The van der Waals surface area contributed by atoms with Crippen molar-refractivity contribution in [2.24, 2.45) is 0 Å². The molecule has 0 radical (unpaired) electrons. The molecule has 0 saturated carbocycles. The van der Waals surface area contributed by atoms with Crippen LogP contribution in [-0.2, 0) is 13.2 Å². The van der Waals surface area contributed by atoms with Gasteiger partial charge in [0, 0.05) is 19.2 Å². The molecule has 1 aliphatic heterocycles. The first-order valence-corrected chi connectivity index (χ1v) is 6.96.